The SMILES string of the molecule is C=C.C=C.C=C.O=C([O-])CC(O)(CC(=O)[O-])C(=O)[O-]. The Kier molecular flexibility index (Phi) is 20.9. The van der Waals surface area contributed by atoms with Crippen LogP contribution in [0.25, 0.3) is 0 Å². The molecule has 7 heteroatoms. The van der Waals surface area contributed by atoms with Gasteiger partial charge in [0.05, 0.1) is 5.97 Å². The number of carboxylic acid groups (broad SMARTS) is 3. The zero-order valence-electron chi connectivity index (χ0n) is 10.6. The summed E-state index contributed by atoms with van der Waals surface area (Å²) in [5.41, 5.74) is -2.97. The maximum absolute atomic E-state index is 10.1. The number of carbonyl (C=O) groups excluding carboxylic acids is 3. The average Bonchev–Trinajstić information content (AvgIpc) is 2.34. The van der Waals surface area contributed by atoms with Gasteiger partial charge in [0.2, 0.25) is 0 Å². The van der Waals surface area contributed by atoms with E-state index >= 15 is 0 Å². The average molecular weight is 273 g/mol. The van der Waals surface area contributed by atoms with Crippen LogP contribution in [0.15, 0.2) is 39.5 Å². The van der Waals surface area contributed by atoms with E-state index in [1.165, 1.54) is 0 Å². The molecule has 0 atom stereocenters. The summed E-state index contributed by atoms with van der Waals surface area (Å²) in [4.78, 5) is 30.0. The molecule has 7 nitrogen and oxygen atoms in total. The van der Waals surface area contributed by atoms with Gasteiger partial charge in [0.15, 0.2) is 0 Å². The van der Waals surface area contributed by atoms with E-state index in [1.807, 2.05) is 0 Å². The highest BCUT2D eigenvalue weighted by Gasteiger charge is 2.29. The number of hydrogen-bond acceptors (Lipinski definition) is 7. The second-order valence-corrected chi connectivity index (χ2v) is 2.42. The monoisotopic (exact) mass is 273 g/mol. The quantitative estimate of drug-likeness (QED) is 0.531. The van der Waals surface area contributed by atoms with E-state index < -0.39 is 36.4 Å². The Morgan fingerprint density at radius 1 is 0.789 bits per heavy atom. The molecule has 0 amide bonds. The Labute approximate surface area is 111 Å². The van der Waals surface area contributed by atoms with Crippen molar-refractivity contribution in [1.29, 1.82) is 0 Å². The molecule has 0 aliphatic rings. The molecule has 0 aromatic rings. The van der Waals surface area contributed by atoms with Gasteiger partial charge < -0.3 is 34.8 Å². The molecule has 0 saturated carbocycles. The molecule has 0 heterocycles. The Balaban J connectivity index is -0.000000163. The second kappa shape index (κ2) is 15.6. The lowest BCUT2D eigenvalue weighted by molar-refractivity contribution is -0.339. The van der Waals surface area contributed by atoms with Gasteiger partial charge in [-0.15, -0.1) is 39.5 Å². The lowest BCUT2D eigenvalue weighted by Gasteiger charge is -2.29. The van der Waals surface area contributed by atoms with Gasteiger partial charge in [-0.25, -0.2) is 0 Å². The highest BCUT2D eigenvalue weighted by molar-refractivity contribution is 5.86. The van der Waals surface area contributed by atoms with Crippen LogP contribution in [0, 0.1) is 0 Å². The minimum Gasteiger partial charge on any atom is -0.550 e. The van der Waals surface area contributed by atoms with Gasteiger partial charge in [-0.1, -0.05) is 0 Å². The van der Waals surface area contributed by atoms with E-state index in [2.05, 4.69) is 39.5 Å². The van der Waals surface area contributed by atoms with Crippen LogP contribution in [0.1, 0.15) is 12.8 Å². The number of carbonyl (C=O) groups is 3. The van der Waals surface area contributed by atoms with Crippen LogP contribution in [0.2, 0.25) is 0 Å². The number of carboxylic acids is 3. The van der Waals surface area contributed by atoms with Crippen molar-refractivity contribution in [2.75, 3.05) is 0 Å². The maximum atomic E-state index is 10.1. The molecule has 0 aliphatic carbocycles. The predicted octanol–water partition coefficient (Wildman–Crippen LogP) is -2.85. The summed E-state index contributed by atoms with van der Waals surface area (Å²) < 4.78 is 0. The number of aliphatic carboxylic acids is 3. The summed E-state index contributed by atoms with van der Waals surface area (Å²) in [5, 5.41) is 38.9. The number of rotatable bonds is 5. The fraction of sp³-hybridized carbons (Fsp3) is 0.250. The summed E-state index contributed by atoms with van der Waals surface area (Å²) in [6.45, 7) is 18.0. The zero-order valence-corrected chi connectivity index (χ0v) is 10.6. The van der Waals surface area contributed by atoms with E-state index in [9.17, 15) is 29.7 Å². The third kappa shape index (κ3) is 15.6. The van der Waals surface area contributed by atoms with Crippen molar-refractivity contribution in [3.05, 3.63) is 39.5 Å². The lowest BCUT2D eigenvalue weighted by Crippen LogP contribution is -2.54. The van der Waals surface area contributed by atoms with Crippen molar-refractivity contribution < 1.29 is 34.8 Å². The minimum atomic E-state index is -2.97. The van der Waals surface area contributed by atoms with Crippen molar-refractivity contribution >= 4 is 17.9 Å². The van der Waals surface area contributed by atoms with Gasteiger partial charge >= 0.3 is 0 Å². The van der Waals surface area contributed by atoms with Gasteiger partial charge in [0.1, 0.15) is 5.60 Å². The molecule has 0 aromatic carbocycles. The van der Waals surface area contributed by atoms with Gasteiger partial charge in [0, 0.05) is 24.8 Å². The molecule has 0 saturated heterocycles. The van der Waals surface area contributed by atoms with Crippen LogP contribution in [-0.2, 0) is 14.4 Å². The van der Waals surface area contributed by atoms with E-state index in [4.69, 9.17) is 5.11 Å². The molecular formula is C12H17O7-3. The molecule has 0 unspecified atom stereocenters. The smallest absolute Gasteiger partial charge is 0.114 e. The third-order valence-corrected chi connectivity index (χ3v) is 1.25. The van der Waals surface area contributed by atoms with Crippen LogP contribution in [0.4, 0.5) is 0 Å². The maximum Gasteiger partial charge on any atom is 0.114 e. The van der Waals surface area contributed by atoms with Crippen LogP contribution in [0.3, 0.4) is 0 Å². The minimum absolute atomic E-state index is 1.36. The van der Waals surface area contributed by atoms with Crippen molar-refractivity contribution in [3.63, 3.8) is 0 Å². The first-order chi connectivity index (χ1) is 8.78. The normalized spacial score (nSPS) is 8.05. The zero-order chi connectivity index (χ0) is 16.6. The summed E-state index contributed by atoms with van der Waals surface area (Å²) in [6.07, 6.45) is -2.72. The van der Waals surface area contributed by atoms with Gasteiger partial charge in [-0.2, -0.15) is 0 Å². The number of hydrogen-bond donors (Lipinski definition) is 1. The molecular weight excluding hydrogens is 256 g/mol. The molecule has 19 heavy (non-hydrogen) atoms. The fourth-order valence-electron chi connectivity index (χ4n) is 0.684. The molecule has 0 aliphatic heterocycles. The van der Waals surface area contributed by atoms with Crippen molar-refractivity contribution in [3.8, 4) is 0 Å². The molecule has 0 radical (unpaired) electrons. The summed E-state index contributed by atoms with van der Waals surface area (Å²) in [6, 6.07) is 0. The Morgan fingerprint density at radius 3 is 1.11 bits per heavy atom. The van der Waals surface area contributed by atoms with Crippen molar-refractivity contribution in [1.82, 2.24) is 0 Å². The third-order valence-electron chi connectivity index (χ3n) is 1.25. The van der Waals surface area contributed by atoms with Crippen LogP contribution >= 0.6 is 0 Å². The van der Waals surface area contributed by atoms with Gasteiger partial charge in [-0.05, 0) is 0 Å². The van der Waals surface area contributed by atoms with Crippen LogP contribution in [0.5, 0.6) is 0 Å². The highest BCUT2D eigenvalue weighted by Crippen LogP contribution is 2.13. The fourth-order valence-corrected chi connectivity index (χ4v) is 0.684. The lowest BCUT2D eigenvalue weighted by atomic mass is 9.96. The van der Waals surface area contributed by atoms with E-state index in [-0.39, 0.29) is 0 Å². The van der Waals surface area contributed by atoms with E-state index in [0.717, 1.165) is 0 Å². The molecule has 0 spiro atoms. The first-order valence-electron chi connectivity index (χ1n) is 4.61. The molecule has 1 N–H and O–H groups in total. The Bertz CT molecular complexity index is 265. The Hall–Kier alpha value is -2.41. The van der Waals surface area contributed by atoms with Gasteiger partial charge in [-0.3, -0.25) is 0 Å². The Morgan fingerprint density at radius 2 is 1.00 bits per heavy atom. The van der Waals surface area contributed by atoms with Gasteiger partial charge in [0.25, 0.3) is 0 Å². The summed E-state index contributed by atoms with van der Waals surface area (Å²) in [7, 11) is 0. The van der Waals surface area contributed by atoms with Crippen LogP contribution in [-0.4, -0.2) is 28.6 Å². The largest absolute Gasteiger partial charge is 0.550 e. The molecule has 0 rings (SSSR count). The molecule has 110 valence electrons. The summed E-state index contributed by atoms with van der Waals surface area (Å²) in [5.74, 6) is -5.98. The second-order valence-electron chi connectivity index (χ2n) is 2.42. The standard InChI is InChI=1S/C6H8O7.3C2H4/c7-3(8)1-6(13,5(11)12)2-4(9)10;3*1-2/h13H,1-2H2,(H,7,8)(H,9,10)(H,11,12);3*1-2H2/p-3. The molecule has 0 fully saturated rings. The molecule has 0 aromatic heterocycles. The van der Waals surface area contributed by atoms with Crippen molar-refractivity contribution in [2.45, 2.75) is 18.4 Å². The van der Waals surface area contributed by atoms with Crippen molar-refractivity contribution in [2.24, 2.45) is 0 Å². The first kappa shape index (κ1) is 25.4. The topological polar surface area (TPSA) is 141 Å². The number of aliphatic hydroxyl groups is 1. The first-order valence-corrected chi connectivity index (χ1v) is 4.61. The van der Waals surface area contributed by atoms with Crippen LogP contribution < -0.4 is 15.3 Å². The predicted molar refractivity (Wildman–Crippen MR) is 63.0 cm³/mol. The van der Waals surface area contributed by atoms with E-state index in [1.54, 1.807) is 0 Å². The molecule has 0 bridgehead atoms. The van der Waals surface area contributed by atoms with E-state index in [0.29, 0.717) is 0 Å². The summed E-state index contributed by atoms with van der Waals surface area (Å²) >= 11 is 0. The highest BCUT2D eigenvalue weighted by atomic mass is 16.4.